The molecule has 1 aliphatic rings. The van der Waals surface area contributed by atoms with E-state index in [9.17, 15) is 4.79 Å². The predicted molar refractivity (Wildman–Crippen MR) is 78.7 cm³/mol. The van der Waals surface area contributed by atoms with Gasteiger partial charge in [0.2, 0.25) is 5.91 Å². The fourth-order valence-electron chi connectivity index (χ4n) is 1.78. The van der Waals surface area contributed by atoms with Gasteiger partial charge in [-0.15, -0.1) is 0 Å². The van der Waals surface area contributed by atoms with E-state index in [0.717, 1.165) is 25.9 Å². The summed E-state index contributed by atoms with van der Waals surface area (Å²) in [7, 11) is 0. The molecule has 17 heavy (non-hydrogen) atoms. The van der Waals surface area contributed by atoms with Gasteiger partial charge in [-0.2, -0.15) is 23.5 Å². The van der Waals surface area contributed by atoms with E-state index < -0.39 is 0 Å². The van der Waals surface area contributed by atoms with Gasteiger partial charge in [0.1, 0.15) is 0 Å². The highest BCUT2D eigenvalue weighted by molar-refractivity contribution is 8.06. The van der Waals surface area contributed by atoms with Gasteiger partial charge in [0.15, 0.2) is 0 Å². The lowest BCUT2D eigenvalue weighted by Gasteiger charge is -2.21. The molecule has 1 amide bonds. The Morgan fingerprint density at radius 3 is 2.94 bits per heavy atom. The zero-order chi connectivity index (χ0) is 12.5. The van der Waals surface area contributed by atoms with Gasteiger partial charge in [0, 0.05) is 35.5 Å². The molecular weight excluding hydrogens is 252 g/mol. The fourth-order valence-corrected chi connectivity index (χ4v) is 4.39. The van der Waals surface area contributed by atoms with E-state index in [1.165, 1.54) is 17.3 Å². The molecule has 1 saturated heterocycles. The summed E-state index contributed by atoms with van der Waals surface area (Å²) in [4.78, 5) is 11.6. The van der Waals surface area contributed by atoms with E-state index in [4.69, 9.17) is 5.73 Å². The van der Waals surface area contributed by atoms with E-state index in [-0.39, 0.29) is 5.91 Å². The minimum Gasteiger partial charge on any atom is -0.355 e. The number of hydrogen-bond donors (Lipinski definition) is 2. The van der Waals surface area contributed by atoms with Crippen LogP contribution in [0.15, 0.2) is 0 Å². The molecular formula is C12H24N2OS2. The molecule has 0 aromatic rings. The summed E-state index contributed by atoms with van der Waals surface area (Å²) < 4.78 is 0. The Labute approximate surface area is 113 Å². The lowest BCUT2D eigenvalue weighted by atomic mass is 10.0. The van der Waals surface area contributed by atoms with Gasteiger partial charge in [-0.25, -0.2) is 0 Å². The van der Waals surface area contributed by atoms with Crippen LogP contribution in [0.5, 0.6) is 0 Å². The van der Waals surface area contributed by atoms with Crippen molar-refractivity contribution in [3.63, 3.8) is 0 Å². The number of amides is 1. The van der Waals surface area contributed by atoms with Gasteiger partial charge >= 0.3 is 0 Å². The van der Waals surface area contributed by atoms with Crippen LogP contribution < -0.4 is 11.1 Å². The van der Waals surface area contributed by atoms with Crippen molar-refractivity contribution < 1.29 is 4.79 Å². The molecule has 1 aliphatic heterocycles. The molecule has 3 N–H and O–H groups in total. The number of hydrogen-bond acceptors (Lipinski definition) is 4. The Morgan fingerprint density at radius 1 is 1.47 bits per heavy atom. The zero-order valence-corrected chi connectivity index (χ0v) is 12.2. The molecule has 1 fully saturated rings. The first-order chi connectivity index (χ1) is 8.22. The Balaban J connectivity index is 2.04. The number of nitrogens with one attached hydrogen (secondary N) is 1. The third-order valence-electron chi connectivity index (χ3n) is 2.94. The van der Waals surface area contributed by atoms with Crippen molar-refractivity contribution in [2.24, 2.45) is 11.7 Å². The second-order valence-corrected chi connectivity index (χ2v) is 7.15. The number of carbonyl (C=O) groups is 1. The SMILES string of the molecule is CC(CCN)CCC(=O)NCC1CSCCS1. The summed E-state index contributed by atoms with van der Waals surface area (Å²) in [6.07, 6.45) is 2.61. The van der Waals surface area contributed by atoms with Crippen molar-refractivity contribution in [3.05, 3.63) is 0 Å². The zero-order valence-electron chi connectivity index (χ0n) is 10.6. The highest BCUT2D eigenvalue weighted by Crippen LogP contribution is 2.23. The molecule has 0 bridgehead atoms. The third-order valence-corrected chi connectivity index (χ3v) is 5.78. The average Bonchev–Trinajstić information content (AvgIpc) is 2.35. The number of rotatable bonds is 7. The van der Waals surface area contributed by atoms with Crippen LogP contribution in [0.2, 0.25) is 0 Å². The van der Waals surface area contributed by atoms with E-state index in [1.807, 2.05) is 23.5 Å². The first-order valence-electron chi connectivity index (χ1n) is 6.38. The van der Waals surface area contributed by atoms with Crippen molar-refractivity contribution in [1.82, 2.24) is 5.32 Å². The van der Waals surface area contributed by atoms with Crippen molar-refractivity contribution in [3.8, 4) is 0 Å². The largest absolute Gasteiger partial charge is 0.355 e. The molecule has 0 aromatic carbocycles. The molecule has 0 spiro atoms. The van der Waals surface area contributed by atoms with Crippen LogP contribution in [-0.4, -0.2) is 41.5 Å². The molecule has 1 rings (SSSR count). The summed E-state index contributed by atoms with van der Waals surface area (Å²) in [5.41, 5.74) is 5.49. The smallest absolute Gasteiger partial charge is 0.220 e. The normalized spacial score (nSPS) is 22.1. The maximum absolute atomic E-state index is 11.6. The fraction of sp³-hybridized carbons (Fsp3) is 0.917. The van der Waals surface area contributed by atoms with Crippen molar-refractivity contribution in [1.29, 1.82) is 0 Å². The van der Waals surface area contributed by atoms with E-state index in [1.54, 1.807) is 0 Å². The quantitative estimate of drug-likeness (QED) is 0.743. The molecule has 0 radical (unpaired) electrons. The summed E-state index contributed by atoms with van der Waals surface area (Å²) in [6, 6.07) is 0. The van der Waals surface area contributed by atoms with Crippen LogP contribution in [0.1, 0.15) is 26.2 Å². The highest BCUT2D eigenvalue weighted by Gasteiger charge is 2.15. The molecule has 0 saturated carbocycles. The first-order valence-corrected chi connectivity index (χ1v) is 8.59. The maximum atomic E-state index is 11.6. The van der Waals surface area contributed by atoms with Gasteiger partial charge < -0.3 is 11.1 Å². The first kappa shape index (κ1) is 15.2. The van der Waals surface area contributed by atoms with Crippen LogP contribution in [0.4, 0.5) is 0 Å². The molecule has 3 nitrogen and oxygen atoms in total. The molecule has 0 aromatic heterocycles. The summed E-state index contributed by atoms with van der Waals surface area (Å²) >= 11 is 3.98. The summed E-state index contributed by atoms with van der Waals surface area (Å²) in [5.74, 6) is 4.41. The number of thioether (sulfide) groups is 2. The van der Waals surface area contributed by atoms with Crippen LogP contribution in [0.3, 0.4) is 0 Å². The van der Waals surface area contributed by atoms with E-state index in [2.05, 4.69) is 12.2 Å². The van der Waals surface area contributed by atoms with Crippen molar-refractivity contribution in [2.45, 2.75) is 31.4 Å². The van der Waals surface area contributed by atoms with Gasteiger partial charge in [-0.05, 0) is 25.3 Å². The summed E-state index contributed by atoms with van der Waals surface area (Å²) in [5, 5.41) is 3.66. The summed E-state index contributed by atoms with van der Waals surface area (Å²) in [6.45, 7) is 3.72. The minimum absolute atomic E-state index is 0.199. The minimum atomic E-state index is 0.199. The van der Waals surface area contributed by atoms with Crippen LogP contribution in [-0.2, 0) is 4.79 Å². The second-order valence-electron chi connectivity index (χ2n) is 4.59. The number of nitrogens with two attached hydrogens (primary N) is 1. The molecule has 5 heteroatoms. The van der Waals surface area contributed by atoms with Crippen LogP contribution >= 0.6 is 23.5 Å². The Hall–Kier alpha value is 0.130. The van der Waals surface area contributed by atoms with Gasteiger partial charge in [-0.3, -0.25) is 4.79 Å². The van der Waals surface area contributed by atoms with Gasteiger partial charge in [-0.1, -0.05) is 6.92 Å². The van der Waals surface area contributed by atoms with Gasteiger partial charge in [0.05, 0.1) is 0 Å². The van der Waals surface area contributed by atoms with E-state index >= 15 is 0 Å². The van der Waals surface area contributed by atoms with Crippen LogP contribution in [0, 0.1) is 5.92 Å². The lowest BCUT2D eigenvalue weighted by Crippen LogP contribution is -2.33. The monoisotopic (exact) mass is 276 g/mol. The standard InChI is InChI=1S/C12H24N2OS2/c1-10(4-5-13)2-3-12(15)14-8-11-9-16-6-7-17-11/h10-11H,2-9,13H2,1H3,(H,14,15). The molecule has 2 unspecified atom stereocenters. The maximum Gasteiger partial charge on any atom is 0.220 e. The second kappa shape index (κ2) is 9.11. The van der Waals surface area contributed by atoms with Crippen molar-refractivity contribution >= 4 is 29.4 Å². The van der Waals surface area contributed by atoms with E-state index in [0.29, 0.717) is 17.6 Å². The Kier molecular flexibility index (Phi) is 8.14. The molecule has 0 aliphatic carbocycles. The Bertz CT molecular complexity index is 221. The predicted octanol–water partition coefficient (Wildman–Crippen LogP) is 1.72. The highest BCUT2D eigenvalue weighted by atomic mass is 32.2. The van der Waals surface area contributed by atoms with Crippen LogP contribution in [0.25, 0.3) is 0 Å². The lowest BCUT2D eigenvalue weighted by molar-refractivity contribution is -0.121. The Morgan fingerprint density at radius 2 is 2.29 bits per heavy atom. The average molecular weight is 276 g/mol. The number of carbonyl (C=O) groups excluding carboxylic acids is 1. The van der Waals surface area contributed by atoms with Crippen molar-refractivity contribution in [2.75, 3.05) is 30.3 Å². The molecule has 2 atom stereocenters. The third kappa shape index (κ3) is 7.21. The molecule has 1 heterocycles. The molecule has 100 valence electrons. The topological polar surface area (TPSA) is 55.1 Å². The van der Waals surface area contributed by atoms with Gasteiger partial charge in [0.25, 0.3) is 0 Å².